The SMILES string of the molecule is O=C(c1ccc(F)cc1)c1ccc(OC(=O)c2ccc(F)cc2F)cc1. The maximum absolute atomic E-state index is 13.6. The summed E-state index contributed by atoms with van der Waals surface area (Å²) >= 11 is 0. The van der Waals surface area contributed by atoms with Gasteiger partial charge in [-0.2, -0.15) is 0 Å². The minimum Gasteiger partial charge on any atom is -0.423 e. The second-order valence-electron chi connectivity index (χ2n) is 5.37. The van der Waals surface area contributed by atoms with Crippen LogP contribution >= 0.6 is 0 Å². The first-order chi connectivity index (χ1) is 12.4. The van der Waals surface area contributed by atoms with Crippen LogP contribution in [-0.4, -0.2) is 11.8 Å². The standard InChI is InChI=1S/C20H11F3O3/c21-14-5-1-12(2-6-14)19(24)13-3-8-16(9-4-13)26-20(25)17-10-7-15(22)11-18(17)23/h1-11H. The second-order valence-corrected chi connectivity index (χ2v) is 5.37. The van der Waals surface area contributed by atoms with Crippen molar-refractivity contribution in [3.05, 3.63) is 101 Å². The van der Waals surface area contributed by atoms with Gasteiger partial charge in [-0.3, -0.25) is 4.79 Å². The number of carbonyl (C=O) groups excluding carboxylic acids is 2. The molecule has 3 rings (SSSR count). The number of carbonyl (C=O) groups is 2. The topological polar surface area (TPSA) is 43.4 Å². The molecular weight excluding hydrogens is 345 g/mol. The normalized spacial score (nSPS) is 10.4. The van der Waals surface area contributed by atoms with Crippen LogP contribution in [-0.2, 0) is 0 Å². The van der Waals surface area contributed by atoms with E-state index in [4.69, 9.17) is 4.74 Å². The lowest BCUT2D eigenvalue weighted by molar-refractivity contribution is 0.0729. The zero-order valence-corrected chi connectivity index (χ0v) is 13.2. The zero-order valence-electron chi connectivity index (χ0n) is 13.2. The predicted octanol–water partition coefficient (Wildman–Crippen LogP) is 4.55. The molecule has 6 heteroatoms. The van der Waals surface area contributed by atoms with Gasteiger partial charge in [0, 0.05) is 17.2 Å². The van der Waals surface area contributed by atoms with Gasteiger partial charge in [0.25, 0.3) is 0 Å². The molecule has 0 unspecified atom stereocenters. The van der Waals surface area contributed by atoms with E-state index >= 15 is 0 Å². The number of benzene rings is 3. The number of rotatable bonds is 4. The summed E-state index contributed by atoms with van der Waals surface area (Å²) in [5.41, 5.74) is 0.215. The summed E-state index contributed by atoms with van der Waals surface area (Å²) < 4.78 is 44.4. The Labute approximate surface area is 146 Å². The minimum absolute atomic E-state index is 0.0920. The summed E-state index contributed by atoms with van der Waals surface area (Å²) in [6.07, 6.45) is 0. The molecule has 0 spiro atoms. The fourth-order valence-corrected chi connectivity index (χ4v) is 2.26. The Morgan fingerprint density at radius 1 is 0.692 bits per heavy atom. The molecule has 0 atom stereocenters. The van der Waals surface area contributed by atoms with Gasteiger partial charge in [-0.1, -0.05) is 0 Å². The van der Waals surface area contributed by atoms with Gasteiger partial charge in [0.2, 0.25) is 0 Å². The highest BCUT2D eigenvalue weighted by atomic mass is 19.1. The van der Waals surface area contributed by atoms with E-state index in [0.717, 1.165) is 12.1 Å². The molecule has 0 bridgehead atoms. The predicted molar refractivity (Wildman–Crippen MR) is 87.6 cm³/mol. The van der Waals surface area contributed by atoms with E-state index in [9.17, 15) is 22.8 Å². The first kappa shape index (κ1) is 17.4. The van der Waals surface area contributed by atoms with E-state index < -0.39 is 29.0 Å². The molecule has 0 fully saturated rings. The molecule has 0 aliphatic rings. The lowest BCUT2D eigenvalue weighted by atomic mass is 10.0. The molecule has 3 nitrogen and oxygen atoms in total. The monoisotopic (exact) mass is 356 g/mol. The highest BCUT2D eigenvalue weighted by Crippen LogP contribution is 2.18. The molecule has 0 heterocycles. The van der Waals surface area contributed by atoms with Crippen molar-refractivity contribution in [2.45, 2.75) is 0 Å². The van der Waals surface area contributed by atoms with Crippen LogP contribution in [0.3, 0.4) is 0 Å². The molecule has 0 saturated carbocycles. The van der Waals surface area contributed by atoms with Crippen molar-refractivity contribution < 1.29 is 27.5 Å². The average Bonchev–Trinajstić information content (AvgIpc) is 2.62. The Kier molecular flexibility index (Phi) is 4.84. The van der Waals surface area contributed by atoms with Crippen LogP contribution in [0.5, 0.6) is 5.75 Å². The number of ketones is 1. The Morgan fingerprint density at radius 3 is 1.81 bits per heavy atom. The number of ether oxygens (including phenoxy) is 1. The molecule has 0 aliphatic heterocycles. The van der Waals surface area contributed by atoms with Gasteiger partial charge in [0.1, 0.15) is 23.2 Å². The number of hydrogen-bond acceptors (Lipinski definition) is 3. The summed E-state index contributed by atoms with van der Waals surface area (Å²) in [6, 6.07) is 13.2. The first-order valence-corrected chi connectivity index (χ1v) is 7.51. The van der Waals surface area contributed by atoms with Gasteiger partial charge in [0.15, 0.2) is 5.78 Å². The zero-order chi connectivity index (χ0) is 18.7. The van der Waals surface area contributed by atoms with Gasteiger partial charge in [-0.05, 0) is 60.7 Å². The van der Waals surface area contributed by atoms with E-state index in [0.29, 0.717) is 17.2 Å². The van der Waals surface area contributed by atoms with Crippen LogP contribution in [0, 0.1) is 17.5 Å². The van der Waals surface area contributed by atoms with E-state index in [1.807, 2.05) is 0 Å². The lowest BCUT2D eigenvalue weighted by Gasteiger charge is -2.06. The summed E-state index contributed by atoms with van der Waals surface area (Å²) in [4.78, 5) is 24.2. The molecule has 0 aromatic heterocycles. The fourth-order valence-electron chi connectivity index (χ4n) is 2.26. The minimum atomic E-state index is -1.03. The summed E-state index contributed by atoms with van der Waals surface area (Å²) in [5.74, 6) is -3.50. The number of halogens is 3. The Hall–Kier alpha value is -3.41. The highest BCUT2D eigenvalue weighted by molar-refractivity contribution is 6.09. The van der Waals surface area contributed by atoms with Crippen LogP contribution in [0.1, 0.15) is 26.3 Å². The van der Waals surface area contributed by atoms with Crippen molar-refractivity contribution in [1.29, 1.82) is 0 Å². The van der Waals surface area contributed by atoms with E-state index in [1.54, 1.807) is 0 Å². The quantitative estimate of drug-likeness (QED) is 0.391. The average molecular weight is 356 g/mol. The molecule has 3 aromatic rings. The Morgan fingerprint density at radius 2 is 1.23 bits per heavy atom. The summed E-state index contributed by atoms with van der Waals surface area (Å²) in [7, 11) is 0. The first-order valence-electron chi connectivity index (χ1n) is 7.51. The highest BCUT2D eigenvalue weighted by Gasteiger charge is 2.15. The molecule has 0 amide bonds. The van der Waals surface area contributed by atoms with Gasteiger partial charge in [0.05, 0.1) is 5.56 Å². The third kappa shape index (κ3) is 3.80. The van der Waals surface area contributed by atoms with Crippen LogP contribution in [0.2, 0.25) is 0 Å². The van der Waals surface area contributed by atoms with Crippen LogP contribution < -0.4 is 4.74 Å². The number of esters is 1. The second kappa shape index (κ2) is 7.23. The van der Waals surface area contributed by atoms with Gasteiger partial charge in [-0.25, -0.2) is 18.0 Å². The molecule has 26 heavy (non-hydrogen) atoms. The molecule has 0 N–H and O–H groups in total. The summed E-state index contributed by atoms with van der Waals surface area (Å²) in [5, 5.41) is 0. The van der Waals surface area contributed by atoms with Crippen molar-refractivity contribution in [2.75, 3.05) is 0 Å². The van der Waals surface area contributed by atoms with Crippen molar-refractivity contribution in [3.63, 3.8) is 0 Å². The van der Waals surface area contributed by atoms with E-state index in [2.05, 4.69) is 0 Å². The van der Waals surface area contributed by atoms with Crippen molar-refractivity contribution in [1.82, 2.24) is 0 Å². The van der Waals surface area contributed by atoms with Crippen LogP contribution in [0.25, 0.3) is 0 Å². The smallest absolute Gasteiger partial charge is 0.346 e. The third-order valence-corrected chi connectivity index (χ3v) is 3.58. The van der Waals surface area contributed by atoms with E-state index in [-0.39, 0.29) is 11.5 Å². The van der Waals surface area contributed by atoms with Crippen LogP contribution in [0.4, 0.5) is 13.2 Å². The molecule has 0 aliphatic carbocycles. The third-order valence-electron chi connectivity index (χ3n) is 3.58. The molecule has 0 radical (unpaired) electrons. The number of hydrogen-bond donors (Lipinski definition) is 0. The van der Waals surface area contributed by atoms with Crippen LogP contribution in [0.15, 0.2) is 66.7 Å². The van der Waals surface area contributed by atoms with Crippen molar-refractivity contribution in [3.8, 4) is 5.75 Å². The van der Waals surface area contributed by atoms with Gasteiger partial charge in [-0.15, -0.1) is 0 Å². The fraction of sp³-hybridized carbons (Fsp3) is 0. The van der Waals surface area contributed by atoms with Gasteiger partial charge >= 0.3 is 5.97 Å². The maximum atomic E-state index is 13.6. The molecule has 130 valence electrons. The Balaban J connectivity index is 1.74. The Bertz CT molecular complexity index is 965. The molecular formula is C20H11F3O3. The van der Waals surface area contributed by atoms with E-state index in [1.165, 1.54) is 48.5 Å². The summed E-state index contributed by atoms with van der Waals surface area (Å²) in [6.45, 7) is 0. The largest absolute Gasteiger partial charge is 0.423 e. The lowest BCUT2D eigenvalue weighted by Crippen LogP contribution is -2.11. The molecule has 0 saturated heterocycles. The maximum Gasteiger partial charge on any atom is 0.346 e. The molecule has 3 aromatic carbocycles. The van der Waals surface area contributed by atoms with Crippen molar-refractivity contribution >= 4 is 11.8 Å². The van der Waals surface area contributed by atoms with Crippen molar-refractivity contribution in [2.24, 2.45) is 0 Å². The van der Waals surface area contributed by atoms with Gasteiger partial charge < -0.3 is 4.74 Å².